The van der Waals surface area contributed by atoms with Crippen LogP contribution in [0, 0.1) is 0 Å². The second kappa shape index (κ2) is 13.6. The van der Waals surface area contributed by atoms with Gasteiger partial charge in [0.1, 0.15) is 12.4 Å². The first-order valence-corrected chi connectivity index (χ1v) is 9.70. The molecule has 1 aromatic heterocycles. The summed E-state index contributed by atoms with van der Waals surface area (Å²) in [6, 6.07) is 3.78. The average Bonchev–Trinajstić information content (AvgIpc) is 3.34. The summed E-state index contributed by atoms with van der Waals surface area (Å²) in [6.45, 7) is 7.99. The van der Waals surface area contributed by atoms with Crippen molar-refractivity contribution in [3.8, 4) is 0 Å². The first-order chi connectivity index (χ1) is 12.9. The molecule has 1 saturated heterocycles. The summed E-state index contributed by atoms with van der Waals surface area (Å²) in [7, 11) is 0. The monoisotopic (exact) mass is 367 g/mol. The SMILES string of the molecule is CCNC(=NCCCOCc1ccco1)NCCCOCC1CCCO1. The highest BCUT2D eigenvalue weighted by atomic mass is 16.5. The van der Waals surface area contributed by atoms with Gasteiger partial charge >= 0.3 is 0 Å². The molecule has 7 heteroatoms. The van der Waals surface area contributed by atoms with Crippen molar-refractivity contribution in [2.45, 2.75) is 45.3 Å². The highest BCUT2D eigenvalue weighted by Crippen LogP contribution is 2.11. The number of furan rings is 1. The molecular weight excluding hydrogens is 334 g/mol. The lowest BCUT2D eigenvalue weighted by Gasteiger charge is -2.12. The van der Waals surface area contributed by atoms with Gasteiger partial charge in [0, 0.05) is 39.5 Å². The molecule has 1 fully saturated rings. The summed E-state index contributed by atoms with van der Waals surface area (Å²) in [5.74, 6) is 1.70. The van der Waals surface area contributed by atoms with E-state index in [0.717, 1.165) is 70.3 Å². The van der Waals surface area contributed by atoms with E-state index in [4.69, 9.17) is 18.6 Å². The van der Waals surface area contributed by atoms with E-state index in [9.17, 15) is 0 Å². The van der Waals surface area contributed by atoms with E-state index in [-0.39, 0.29) is 0 Å². The van der Waals surface area contributed by atoms with E-state index in [1.165, 1.54) is 0 Å². The number of ether oxygens (including phenoxy) is 3. The van der Waals surface area contributed by atoms with E-state index in [0.29, 0.717) is 25.9 Å². The van der Waals surface area contributed by atoms with Gasteiger partial charge in [-0.25, -0.2) is 0 Å². The molecule has 7 nitrogen and oxygen atoms in total. The standard InChI is InChI=1S/C19H33N3O4/c1-2-20-19(21-9-5-11-23-15-17-7-3-13-25-17)22-10-6-12-24-16-18-8-4-14-26-18/h3,7,13,18H,2,4-6,8-12,14-16H2,1H3,(H2,20,21,22). The van der Waals surface area contributed by atoms with Crippen molar-refractivity contribution in [1.82, 2.24) is 10.6 Å². The number of rotatable bonds is 13. The number of nitrogens with zero attached hydrogens (tertiary/aromatic N) is 1. The molecule has 1 aliphatic rings. The molecule has 1 atom stereocenters. The fraction of sp³-hybridized carbons (Fsp3) is 0.737. The Labute approximate surface area is 156 Å². The van der Waals surface area contributed by atoms with Crippen LogP contribution in [-0.4, -0.2) is 58.1 Å². The molecule has 0 bridgehead atoms. The van der Waals surface area contributed by atoms with Gasteiger partial charge in [-0.3, -0.25) is 4.99 Å². The highest BCUT2D eigenvalue weighted by Gasteiger charge is 2.14. The number of guanidine groups is 1. The molecule has 26 heavy (non-hydrogen) atoms. The van der Waals surface area contributed by atoms with Gasteiger partial charge < -0.3 is 29.3 Å². The van der Waals surface area contributed by atoms with E-state index in [2.05, 4.69) is 22.5 Å². The van der Waals surface area contributed by atoms with Crippen molar-refractivity contribution < 1.29 is 18.6 Å². The van der Waals surface area contributed by atoms with Crippen molar-refractivity contribution in [3.05, 3.63) is 24.2 Å². The zero-order valence-electron chi connectivity index (χ0n) is 15.9. The third kappa shape index (κ3) is 9.22. The van der Waals surface area contributed by atoms with Crippen LogP contribution in [0.15, 0.2) is 27.8 Å². The van der Waals surface area contributed by atoms with Crippen LogP contribution in [0.5, 0.6) is 0 Å². The third-order valence-electron chi connectivity index (χ3n) is 3.97. The van der Waals surface area contributed by atoms with Gasteiger partial charge in [-0.05, 0) is 44.7 Å². The summed E-state index contributed by atoms with van der Waals surface area (Å²) < 4.78 is 22.0. The number of aliphatic imine (C=N–C) groups is 1. The van der Waals surface area contributed by atoms with Crippen LogP contribution in [0.25, 0.3) is 0 Å². The highest BCUT2D eigenvalue weighted by molar-refractivity contribution is 5.79. The lowest BCUT2D eigenvalue weighted by atomic mass is 10.2. The van der Waals surface area contributed by atoms with Gasteiger partial charge in [0.15, 0.2) is 5.96 Å². The molecule has 1 unspecified atom stereocenters. The van der Waals surface area contributed by atoms with Crippen molar-refractivity contribution in [3.63, 3.8) is 0 Å². The summed E-state index contributed by atoms with van der Waals surface area (Å²) in [4.78, 5) is 4.56. The molecule has 1 aliphatic heterocycles. The van der Waals surface area contributed by atoms with Crippen LogP contribution in [0.3, 0.4) is 0 Å². The maximum atomic E-state index is 5.67. The quantitative estimate of drug-likeness (QED) is 0.317. The molecule has 2 rings (SSSR count). The fourth-order valence-electron chi connectivity index (χ4n) is 2.64. The topological polar surface area (TPSA) is 77.3 Å². The molecule has 0 radical (unpaired) electrons. The normalized spacial score (nSPS) is 17.6. The molecule has 148 valence electrons. The van der Waals surface area contributed by atoms with Crippen molar-refractivity contribution in [2.24, 2.45) is 4.99 Å². The Morgan fingerprint density at radius 1 is 1.27 bits per heavy atom. The molecule has 2 N–H and O–H groups in total. The van der Waals surface area contributed by atoms with Crippen LogP contribution in [0.1, 0.15) is 38.4 Å². The number of hydrogen-bond donors (Lipinski definition) is 2. The summed E-state index contributed by atoms with van der Waals surface area (Å²) >= 11 is 0. The zero-order chi connectivity index (χ0) is 18.3. The molecule has 2 heterocycles. The van der Waals surface area contributed by atoms with E-state index >= 15 is 0 Å². The van der Waals surface area contributed by atoms with Crippen LogP contribution in [0.4, 0.5) is 0 Å². The molecule has 1 aromatic rings. The lowest BCUT2D eigenvalue weighted by Crippen LogP contribution is -2.38. The minimum Gasteiger partial charge on any atom is -0.467 e. The third-order valence-corrected chi connectivity index (χ3v) is 3.97. The van der Waals surface area contributed by atoms with Crippen LogP contribution < -0.4 is 10.6 Å². The van der Waals surface area contributed by atoms with Crippen molar-refractivity contribution >= 4 is 5.96 Å². The van der Waals surface area contributed by atoms with Gasteiger partial charge in [0.2, 0.25) is 0 Å². The Kier molecular flexibility index (Phi) is 10.9. The van der Waals surface area contributed by atoms with E-state index in [1.807, 2.05) is 12.1 Å². The molecule has 0 aromatic carbocycles. The molecule has 0 saturated carbocycles. The minimum absolute atomic E-state index is 0.303. The zero-order valence-corrected chi connectivity index (χ0v) is 15.9. The second-order valence-corrected chi connectivity index (χ2v) is 6.24. The maximum absolute atomic E-state index is 5.67. The van der Waals surface area contributed by atoms with Gasteiger partial charge in [-0.15, -0.1) is 0 Å². The van der Waals surface area contributed by atoms with Gasteiger partial charge in [0.25, 0.3) is 0 Å². The first-order valence-electron chi connectivity index (χ1n) is 9.70. The Morgan fingerprint density at radius 2 is 2.19 bits per heavy atom. The van der Waals surface area contributed by atoms with Gasteiger partial charge in [-0.1, -0.05) is 0 Å². The summed E-state index contributed by atoms with van der Waals surface area (Å²) in [6.07, 6.45) is 6.07. The molecule has 0 amide bonds. The van der Waals surface area contributed by atoms with Crippen LogP contribution in [0.2, 0.25) is 0 Å². The first kappa shape index (κ1) is 20.7. The Hall–Kier alpha value is -1.57. The predicted octanol–water partition coefficient (Wildman–Crippen LogP) is 2.33. The fourth-order valence-corrected chi connectivity index (χ4v) is 2.64. The smallest absolute Gasteiger partial charge is 0.191 e. The lowest BCUT2D eigenvalue weighted by molar-refractivity contribution is 0.0168. The average molecular weight is 367 g/mol. The van der Waals surface area contributed by atoms with Gasteiger partial charge in [-0.2, -0.15) is 0 Å². The Bertz CT molecular complexity index is 473. The molecule has 0 spiro atoms. The molecular formula is C19H33N3O4. The second-order valence-electron chi connectivity index (χ2n) is 6.24. The predicted molar refractivity (Wildman–Crippen MR) is 101 cm³/mol. The van der Waals surface area contributed by atoms with E-state index in [1.54, 1.807) is 6.26 Å². The van der Waals surface area contributed by atoms with Crippen LogP contribution >= 0.6 is 0 Å². The maximum Gasteiger partial charge on any atom is 0.191 e. The summed E-state index contributed by atoms with van der Waals surface area (Å²) in [5, 5.41) is 6.59. The Balaban J connectivity index is 1.47. The Morgan fingerprint density at radius 3 is 2.96 bits per heavy atom. The van der Waals surface area contributed by atoms with Gasteiger partial charge in [0.05, 0.1) is 19.0 Å². The largest absolute Gasteiger partial charge is 0.467 e. The van der Waals surface area contributed by atoms with Crippen molar-refractivity contribution in [2.75, 3.05) is 46.1 Å². The molecule has 0 aliphatic carbocycles. The van der Waals surface area contributed by atoms with Crippen molar-refractivity contribution in [1.29, 1.82) is 0 Å². The van der Waals surface area contributed by atoms with Crippen LogP contribution in [-0.2, 0) is 20.8 Å². The minimum atomic E-state index is 0.303. The number of nitrogens with one attached hydrogen (secondary N) is 2. The van der Waals surface area contributed by atoms with E-state index < -0.39 is 0 Å². The number of hydrogen-bond acceptors (Lipinski definition) is 5. The summed E-state index contributed by atoms with van der Waals surface area (Å²) in [5.41, 5.74) is 0.